The van der Waals surface area contributed by atoms with Gasteiger partial charge in [-0.3, -0.25) is 4.79 Å². The summed E-state index contributed by atoms with van der Waals surface area (Å²) in [5.41, 5.74) is 2.72. The Hall–Kier alpha value is -2.95. The summed E-state index contributed by atoms with van der Waals surface area (Å²) in [7, 11) is 1.33. The first-order valence-corrected chi connectivity index (χ1v) is 8.92. The molecule has 11 heteroatoms. The molecule has 0 bridgehead atoms. The molecule has 0 aliphatic carbocycles. The summed E-state index contributed by atoms with van der Waals surface area (Å²) in [5.74, 6) is -0.194. The van der Waals surface area contributed by atoms with Crippen LogP contribution in [0.25, 0.3) is 0 Å². The molecule has 3 N–H and O–H groups in total. The standard InChI is InChI=1S/C20H20F6N2O3/c1-11(18(27)29)28-9-12-3-4-16(17(7-12)30-2)31-10-13-5-14(19(21,22)23)8-15(6-13)20(24,25)26/h3-8,11,28H,9-10H2,1-2H3,(H2,27,29)/t11-/m0/s1. The van der Waals surface area contributed by atoms with Crippen molar-refractivity contribution >= 4 is 5.91 Å². The first-order chi connectivity index (χ1) is 14.3. The number of rotatable bonds is 8. The predicted octanol–water partition coefficient (Wildman–Crippen LogP) is 4.28. The maximum atomic E-state index is 13.0. The molecule has 0 saturated heterocycles. The first-order valence-electron chi connectivity index (χ1n) is 8.92. The number of hydrogen-bond donors (Lipinski definition) is 2. The van der Waals surface area contributed by atoms with Crippen LogP contribution in [0.5, 0.6) is 11.5 Å². The molecule has 5 nitrogen and oxygen atoms in total. The minimum Gasteiger partial charge on any atom is -0.493 e. The molecule has 0 radical (unpaired) electrons. The van der Waals surface area contributed by atoms with Crippen molar-refractivity contribution in [1.29, 1.82) is 0 Å². The first kappa shape index (κ1) is 24.3. The lowest BCUT2D eigenvalue weighted by Gasteiger charge is -2.16. The summed E-state index contributed by atoms with van der Waals surface area (Å²) >= 11 is 0. The predicted molar refractivity (Wildman–Crippen MR) is 99.3 cm³/mol. The van der Waals surface area contributed by atoms with Gasteiger partial charge in [0.25, 0.3) is 0 Å². The number of nitrogens with one attached hydrogen (secondary N) is 1. The number of alkyl halides is 6. The van der Waals surface area contributed by atoms with Gasteiger partial charge in [0.15, 0.2) is 11.5 Å². The minimum atomic E-state index is -4.94. The lowest BCUT2D eigenvalue weighted by atomic mass is 10.1. The van der Waals surface area contributed by atoms with Gasteiger partial charge in [-0.2, -0.15) is 26.3 Å². The summed E-state index contributed by atoms with van der Waals surface area (Å²) in [6.45, 7) is 1.31. The number of hydrogen-bond acceptors (Lipinski definition) is 4. The van der Waals surface area contributed by atoms with Gasteiger partial charge in [0.1, 0.15) is 6.61 Å². The van der Waals surface area contributed by atoms with Gasteiger partial charge in [0.05, 0.1) is 24.3 Å². The van der Waals surface area contributed by atoms with E-state index in [0.717, 1.165) is 0 Å². The fourth-order valence-corrected chi connectivity index (χ4v) is 2.58. The van der Waals surface area contributed by atoms with Gasteiger partial charge in [-0.05, 0) is 48.4 Å². The maximum Gasteiger partial charge on any atom is 0.416 e. The zero-order chi connectivity index (χ0) is 23.4. The number of primary amides is 1. The summed E-state index contributed by atoms with van der Waals surface area (Å²) in [4.78, 5) is 11.1. The molecule has 0 aromatic heterocycles. The average Bonchev–Trinajstić information content (AvgIpc) is 2.69. The molecular formula is C20H20F6N2O3. The van der Waals surface area contributed by atoms with Crippen molar-refractivity contribution < 1.29 is 40.6 Å². The van der Waals surface area contributed by atoms with Crippen LogP contribution in [-0.4, -0.2) is 19.1 Å². The van der Waals surface area contributed by atoms with E-state index in [-0.39, 0.29) is 29.7 Å². The zero-order valence-corrected chi connectivity index (χ0v) is 16.5. The summed E-state index contributed by atoms with van der Waals surface area (Å²) in [6.07, 6.45) is -9.88. The van der Waals surface area contributed by atoms with E-state index < -0.39 is 42.0 Å². The van der Waals surface area contributed by atoms with E-state index >= 15 is 0 Å². The van der Waals surface area contributed by atoms with Crippen LogP contribution in [0.1, 0.15) is 29.2 Å². The molecular weight excluding hydrogens is 430 g/mol. The normalized spacial score (nSPS) is 13.0. The third-order valence-corrected chi connectivity index (χ3v) is 4.31. The lowest BCUT2D eigenvalue weighted by Crippen LogP contribution is -2.38. The fourth-order valence-electron chi connectivity index (χ4n) is 2.58. The molecule has 1 atom stereocenters. The second-order valence-electron chi connectivity index (χ2n) is 6.69. The van der Waals surface area contributed by atoms with Crippen LogP contribution >= 0.6 is 0 Å². The molecule has 0 aliphatic rings. The third-order valence-electron chi connectivity index (χ3n) is 4.31. The number of carbonyl (C=O) groups is 1. The van der Waals surface area contributed by atoms with E-state index in [1.165, 1.54) is 13.2 Å². The van der Waals surface area contributed by atoms with E-state index in [4.69, 9.17) is 15.2 Å². The number of methoxy groups -OCH3 is 1. The number of carbonyl (C=O) groups excluding carboxylic acids is 1. The van der Waals surface area contributed by atoms with Crippen molar-refractivity contribution in [3.8, 4) is 11.5 Å². The van der Waals surface area contributed by atoms with E-state index in [9.17, 15) is 31.1 Å². The molecule has 170 valence electrons. The number of amides is 1. The van der Waals surface area contributed by atoms with E-state index in [1.54, 1.807) is 19.1 Å². The van der Waals surface area contributed by atoms with Crippen molar-refractivity contribution in [2.24, 2.45) is 5.73 Å². The summed E-state index contributed by atoms with van der Waals surface area (Å²) < 4.78 is 88.5. The Morgan fingerprint density at radius 1 is 0.968 bits per heavy atom. The second kappa shape index (κ2) is 9.46. The van der Waals surface area contributed by atoms with Crippen LogP contribution in [0.15, 0.2) is 36.4 Å². The van der Waals surface area contributed by atoms with E-state index in [0.29, 0.717) is 17.7 Å². The number of benzene rings is 2. The molecule has 0 heterocycles. The highest BCUT2D eigenvalue weighted by Gasteiger charge is 2.36. The van der Waals surface area contributed by atoms with Gasteiger partial charge in [-0.15, -0.1) is 0 Å². The van der Waals surface area contributed by atoms with Crippen LogP contribution in [0, 0.1) is 0 Å². The van der Waals surface area contributed by atoms with Crippen molar-refractivity contribution in [1.82, 2.24) is 5.32 Å². The molecule has 0 fully saturated rings. The Morgan fingerprint density at radius 2 is 1.55 bits per heavy atom. The van der Waals surface area contributed by atoms with Crippen LogP contribution in [-0.2, 0) is 30.3 Å². The quantitative estimate of drug-likeness (QED) is 0.589. The van der Waals surface area contributed by atoms with Crippen molar-refractivity contribution in [3.63, 3.8) is 0 Å². The lowest BCUT2D eigenvalue weighted by molar-refractivity contribution is -0.143. The van der Waals surface area contributed by atoms with Crippen molar-refractivity contribution in [3.05, 3.63) is 58.7 Å². The second-order valence-corrected chi connectivity index (χ2v) is 6.69. The number of ether oxygens (including phenoxy) is 2. The van der Waals surface area contributed by atoms with Crippen molar-refractivity contribution in [2.75, 3.05) is 7.11 Å². The Balaban J connectivity index is 2.21. The molecule has 31 heavy (non-hydrogen) atoms. The largest absolute Gasteiger partial charge is 0.493 e. The number of halogens is 6. The molecule has 0 saturated carbocycles. The van der Waals surface area contributed by atoms with Crippen molar-refractivity contribution in [2.45, 2.75) is 38.5 Å². The zero-order valence-electron chi connectivity index (χ0n) is 16.5. The van der Waals surface area contributed by atoms with E-state index in [1.807, 2.05) is 0 Å². The van der Waals surface area contributed by atoms with Crippen LogP contribution in [0.4, 0.5) is 26.3 Å². The highest BCUT2D eigenvalue weighted by molar-refractivity contribution is 5.79. The molecule has 0 spiro atoms. The molecule has 0 unspecified atom stereocenters. The Morgan fingerprint density at radius 3 is 2.03 bits per heavy atom. The average molecular weight is 450 g/mol. The SMILES string of the molecule is COc1cc(CN[C@@H](C)C(N)=O)ccc1OCc1cc(C(F)(F)F)cc(C(F)(F)F)c1. The number of nitrogens with two attached hydrogens (primary N) is 1. The fraction of sp³-hybridized carbons (Fsp3) is 0.350. The Labute approximate surface area is 174 Å². The van der Waals surface area contributed by atoms with E-state index in [2.05, 4.69) is 5.32 Å². The van der Waals surface area contributed by atoms with Gasteiger partial charge in [-0.25, -0.2) is 0 Å². The topological polar surface area (TPSA) is 73.6 Å². The molecule has 1 amide bonds. The molecule has 2 rings (SSSR count). The smallest absolute Gasteiger partial charge is 0.416 e. The third kappa shape index (κ3) is 6.78. The molecule has 2 aromatic rings. The molecule has 2 aromatic carbocycles. The van der Waals surface area contributed by atoms with Gasteiger partial charge in [-0.1, -0.05) is 6.07 Å². The van der Waals surface area contributed by atoms with Crippen LogP contribution in [0.2, 0.25) is 0 Å². The van der Waals surface area contributed by atoms with Gasteiger partial charge < -0.3 is 20.5 Å². The highest BCUT2D eigenvalue weighted by atomic mass is 19.4. The van der Waals surface area contributed by atoms with Gasteiger partial charge in [0, 0.05) is 6.54 Å². The maximum absolute atomic E-state index is 13.0. The van der Waals surface area contributed by atoms with Crippen LogP contribution in [0.3, 0.4) is 0 Å². The van der Waals surface area contributed by atoms with Crippen LogP contribution < -0.4 is 20.5 Å². The minimum absolute atomic E-state index is 0.0545. The molecule has 0 aliphatic heterocycles. The monoisotopic (exact) mass is 450 g/mol. The Bertz CT molecular complexity index is 896. The Kier molecular flexibility index (Phi) is 7.42. The summed E-state index contributed by atoms with van der Waals surface area (Å²) in [5, 5.41) is 2.88. The summed E-state index contributed by atoms with van der Waals surface area (Å²) in [6, 6.07) is 5.30. The van der Waals surface area contributed by atoms with Gasteiger partial charge >= 0.3 is 12.4 Å². The van der Waals surface area contributed by atoms with Gasteiger partial charge in [0.2, 0.25) is 5.91 Å². The highest BCUT2D eigenvalue weighted by Crippen LogP contribution is 2.37.